The van der Waals surface area contributed by atoms with Gasteiger partial charge in [-0.15, -0.1) is 12.3 Å². The second-order valence-electron chi connectivity index (χ2n) is 3.73. The van der Waals surface area contributed by atoms with Crippen molar-refractivity contribution in [1.29, 1.82) is 0 Å². The van der Waals surface area contributed by atoms with E-state index in [1.54, 1.807) is 0 Å². The summed E-state index contributed by atoms with van der Waals surface area (Å²) in [5.74, 6) is 8.77. The maximum absolute atomic E-state index is 5.55. The molecule has 0 aromatic heterocycles. The quantitative estimate of drug-likeness (QED) is 0.551. The van der Waals surface area contributed by atoms with Crippen LogP contribution in [0, 0.1) is 24.2 Å². The van der Waals surface area contributed by atoms with Gasteiger partial charge in [-0.3, -0.25) is 0 Å². The SMILES string of the molecule is C#CCOC(C#CCCCC)c1ccccc1. The molecule has 1 aromatic rings. The summed E-state index contributed by atoms with van der Waals surface area (Å²) in [6, 6.07) is 9.96. The van der Waals surface area contributed by atoms with Gasteiger partial charge in [-0.1, -0.05) is 55.5 Å². The van der Waals surface area contributed by atoms with E-state index in [0.29, 0.717) is 6.61 Å². The van der Waals surface area contributed by atoms with E-state index in [1.807, 2.05) is 30.3 Å². The lowest BCUT2D eigenvalue weighted by Crippen LogP contribution is -2.02. The number of ether oxygens (including phenoxy) is 1. The average Bonchev–Trinajstić information content (AvgIpc) is 2.39. The smallest absolute Gasteiger partial charge is 0.144 e. The molecule has 17 heavy (non-hydrogen) atoms. The van der Waals surface area contributed by atoms with Gasteiger partial charge < -0.3 is 4.74 Å². The summed E-state index contributed by atoms with van der Waals surface area (Å²) >= 11 is 0. The first-order valence-corrected chi connectivity index (χ1v) is 5.97. The third-order valence-electron chi connectivity index (χ3n) is 2.32. The van der Waals surface area contributed by atoms with E-state index >= 15 is 0 Å². The molecule has 0 bridgehead atoms. The molecule has 0 fully saturated rings. The first-order chi connectivity index (χ1) is 8.38. The fourth-order valence-electron chi connectivity index (χ4n) is 1.41. The van der Waals surface area contributed by atoms with Crippen LogP contribution in [0.5, 0.6) is 0 Å². The molecule has 0 amide bonds. The molecule has 88 valence electrons. The van der Waals surface area contributed by atoms with Crippen LogP contribution in [0.3, 0.4) is 0 Å². The van der Waals surface area contributed by atoms with Crippen molar-refractivity contribution in [2.75, 3.05) is 6.61 Å². The van der Waals surface area contributed by atoms with Crippen LogP contribution in [-0.2, 0) is 4.74 Å². The Morgan fingerprint density at radius 2 is 2.06 bits per heavy atom. The average molecular weight is 226 g/mol. The van der Waals surface area contributed by atoms with Gasteiger partial charge in [0.25, 0.3) is 0 Å². The van der Waals surface area contributed by atoms with Gasteiger partial charge in [0.15, 0.2) is 0 Å². The van der Waals surface area contributed by atoms with Crippen molar-refractivity contribution in [2.45, 2.75) is 32.3 Å². The molecule has 1 aromatic carbocycles. The molecule has 0 aliphatic carbocycles. The minimum atomic E-state index is -0.205. The van der Waals surface area contributed by atoms with Crippen molar-refractivity contribution in [2.24, 2.45) is 0 Å². The number of hydrogen-bond acceptors (Lipinski definition) is 1. The molecule has 0 spiro atoms. The lowest BCUT2D eigenvalue weighted by molar-refractivity contribution is 0.121. The Morgan fingerprint density at radius 3 is 2.71 bits per heavy atom. The van der Waals surface area contributed by atoms with Crippen LogP contribution in [-0.4, -0.2) is 6.61 Å². The van der Waals surface area contributed by atoms with Gasteiger partial charge in [-0.05, 0) is 12.0 Å². The van der Waals surface area contributed by atoms with E-state index in [9.17, 15) is 0 Å². The summed E-state index contributed by atoms with van der Waals surface area (Å²) in [6.07, 6.45) is 8.21. The zero-order chi connectivity index (χ0) is 12.3. The highest BCUT2D eigenvalue weighted by atomic mass is 16.5. The second-order valence-corrected chi connectivity index (χ2v) is 3.73. The molecule has 0 aliphatic rings. The molecule has 0 heterocycles. The van der Waals surface area contributed by atoms with Crippen LogP contribution < -0.4 is 0 Å². The van der Waals surface area contributed by atoms with E-state index in [0.717, 1.165) is 24.8 Å². The molecule has 0 N–H and O–H groups in total. The predicted octanol–water partition coefficient (Wildman–Crippen LogP) is 3.57. The molecule has 0 aliphatic heterocycles. The lowest BCUT2D eigenvalue weighted by Gasteiger charge is -2.10. The lowest BCUT2D eigenvalue weighted by atomic mass is 10.1. The van der Waals surface area contributed by atoms with Crippen molar-refractivity contribution in [1.82, 2.24) is 0 Å². The standard InChI is InChI=1S/C16H18O/c1-3-5-6-10-13-16(17-14-4-2)15-11-8-7-9-12-15/h2,7-9,11-12,16H,3,5-6,14H2,1H3. The van der Waals surface area contributed by atoms with Crippen LogP contribution in [0.2, 0.25) is 0 Å². The monoisotopic (exact) mass is 226 g/mol. The fourth-order valence-corrected chi connectivity index (χ4v) is 1.41. The number of rotatable bonds is 5. The van der Waals surface area contributed by atoms with Gasteiger partial charge in [-0.2, -0.15) is 0 Å². The van der Waals surface area contributed by atoms with Crippen LogP contribution in [0.15, 0.2) is 30.3 Å². The van der Waals surface area contributed by atoms with Gasteiger partial charge in [-0.25, -0.2) is 0 Å². The first-order valence-electron chi connectivity index (χ1n) is 5.97. The fraction of sp³-hybridized carbons (Fsp3) is 0.375. The zero-order valence-electron chi connectivity index (χ0n) is 10.3. The van der Waals surface area contributed by atoms with Crippen molar-refractivity contribution in [3.05, 3.63) is 35.9 Å². The molecule has 1 unspecified atom stereocenters. The van der Waals surface area contributed by atoms with E-state index < -0.39 is 0 Å². The highest BCUT2D eigenvalue weighted by Crippen LogP contribution is 2.15. The molecule has 1 nitrogen and oxygen atoms in total. The molecule has 0 saturated carbocycles. The zero-order valence-corrected chi connectivity index (χ0v) is 10.3. The van der Waals surface area contributed by atoms with Crippen LogP contribution >= 0.6 is 0 Å². The highest BCUT2D eigenvalue weighted by molar-refractivity contribution is 5.25. The van der Waals surface area contributed by atoms with Gasteiger partial charge in [0.1, 0.15) is 12.7 Å². The van der Waals surface area contributed by atoms with E-state index in [-0.39, 0.29) is 6.10 Å². The summed E-state index contributed by atoms with van der Waals surface area (Å²) in [6.45, 7) is 2.45. The highest BCUT2D eigenvalue weighted by Gasteiger charge is 2.06. The Labute approximate surface area is 104 Å². The van der Waals surface area contributed by atoms with Crippen LogP contribution in [0.1, 0.15) is 37.9 Å². The summed E-state index contributed by atoms with van der Waals surface area (Å²) < 4.78 is 5.55. The van der Waals surface area contributed by atoms with E-state index in [2.05, 4.69) is 24.7 Å². The summed E-state index contributed by atoms with van der Waals surface area (Å²) in [7, 11) is 0. The Balaban J connectivity index is 2.66. The van der Waals surface area contributed by atoms with Crippen molar-refractivity contribution < 1.29 is 4.74 Å². The van der Waals surface area contributed by atoms with Gasteiger partial charge in [0.2, 0.25) is 0 Å². The largest absolute Gasteiger partial charge is 0.348 e. The molecular formula is C16H18O. The summed E-state index contributed by atoms with van der Waals surface area (Å²) in [5.41, 5.74) is 1.06. The third kappa shape index (κ3) is 5.25. The molecule has 0 radical (unpaired) electrons. The summed E-state index contributed by atoms with van der Waals surface area (Å²) in [5, 5.41) is 0. The topological polar surface area (TPSA) is 9.23 Å². The summed E-state index contributed by atoms with van der Waals surface area (Å²) in [4.78, 5) is 0. The second kappa shape index (κ2) is 8.45. The van der Waals surface area contributed by atoms with Crippen LogP contribution in [0.4, 0.5) is 0 Å². The number of benzene rings is 1. The maximum Gasteiger partial charge on any atom is 0.144 e. The van der Waals surface area contributed by atoms with E-state index in [1.165, 1.54) is 0 Å². The molecule has 1 heteroatoms. The first kappa shape index (κ1) is 13.4. The van der Waals surface area contributed by atoms with Gasteiger partial charge >= 0.3 is 0 Å². The Hall–Kier alpha value is -1.70. The van der Waals surface area contributed by atoms with Gasteiger partial charge in [0.05, 0.1) is 0 Å². The number of unbranched alkanes of at least 4 members (excludes halogenated alkanes) is 2. The maximum atomic E-state index is 5.55. The van der Waals surface area contributed by atoms with E-state index in [4.69, 9.17) is 11.2 Å². The van der Waals surface area contributed by atoms with Crippen LogP contribution in [0.25, 0.3) is 0 Å². The van der Waals surface area contributed by atoms with Crippen molar-refractivity contribution in [3.8, 4) is 24.2 Å². The Kier molecular flexibility index (Phi) is 6.64. The number of terminal acetylenes is 1. The minimum absolute atomic E-state index is 0.205. The molecule has 0 saturated heterocycles. The third-order valence-corrected chi connectivity index (χ3v) is 2.32. The predicted molar refractivity (Wildman–Crippen MR) is 71.3 cm³/mol. The molecular weight excluding hydrogens is 208 g/mol. The van der Waals surface area contributed by atoms with Crippen molar-refractivity contribution in [3.63, 3.8) is 0 Å². The minimum Gasteiger partial charge on any atom is -0.348 e. The molecule has 1 atom stereocenters. The normalized spacial score (nSPS) is 11.1. The molecule has 1 rings (SSSR count). The number of hydrogen-bond donors (Lipinski definition) is 0. The van der Waals surface area contributed by atoms with Gasteiger partial charge in [0, 0.05) is 6.42 Å². The van der Waals surface area contributed by atoms with Crippen molar-refractivity contribution >= 4 is 0 Å². The Morgan fingerprint density at radius 1 is 1.29 bits per heavy atom. The Bertz CT molecular complexity index is 403.